The summed E-state index contributed by atoms with van der Waals surface area (Å²) in [5, 5.41) is 9.59. The molecule has 1 nitrogen and oxygen atoms in total. The second-order valence-corrected chi connectivity index (χ2v) is 6.35. The summed E-state index contributed by atoms with van der Waals surface area (Å²) in [7, 11) is 0. The number of benzene rings is 2. The van der Waals surface area contributed by atoms with Crippen molar-refractivity contribution < 1.29 is 5.11 Å². The predicted molar refractivity (Wildman–Crippen MR) is 89.1 cm³/mol. The summed E-state index contributed by atoms with van der Waals surface area (Å²) >= 11 is 15.9. The third-order valence-corrected chi connectivity index (χ3v) is 4.97. The van der Waals surface area contributed by atoms with E-state index in [9.17, 15) is 5.11 Å². The molecule has 2 aromatic carbocycles. The van der Waals surface area contributed by atoms with Crippen LogP contribution < -0.4 is 0 Å². The molecule has 0 saturated heterocycles. The highest BCUT2D eigenvalue weighted by molar-refractivity contribution is 9.10. The zero-order valence-corrected chi connectivity index (χ0v) is 13.9. The summed E-state index contributed by atoms with van der Waals surface area (Å²) in [4.78, 5) is 0. The van der Waals surface area contributed by atoms with E-state index in [1.54, 1.807) is 12.1 Å². The van der Waals surface area contributed by atoms with E-state index in [0.29, 0.717) is 18.2 Å². The normalized spacial score (nSPS) is 11.6. The molecule has 1 N–H and O–H groups in total. The van der Waals surface area contributed by atoms with Gasteiger partial charge in [-0.3, -0.25) is 0 Å². The lowest BCUT2D eigenvalue weighted by Crippen LogP contribution is -2.33. The number of hydrogen-bond donors (Lipinski definition) is 1. The first-order valence-electron chi connectivity index (χ1n) is 6.25. The van der Waals surface area contributed by atoms with Gasteiger partial charge in [0, 0.05) is 21.6 Å². The van der Waals surface area contributed by atoms with Crippen LogP contribution in [-0.4, -0.2) is 16.9 Å². The number of hydrogen-bond acceptors (Lipinski definition) is 1. The van der Waals surface area contributed by atoms with Crippen molar-refractivity contribution in [3.05, 3.63) is 64.1 Å². The van der Waals surface area contributed by atoms with E-state index in [0.717, 1.165) is 15.6 Å². The lowest BCUT2D eigenvalue weighted by Gasteiger charge is -2.30. The average Bonchev–Trinajstić information content (AvgIpc) is 2.46. The van der Waals surface area contributed by atoms with Gasteiger partial charge in [0.15, 0.2) is 0 Å². The van der Waals surface area contributed by atoms with E-state index < -0.39 is 0 Å². The first-order valence-corrected chi connectivity index (χ1v) is 8.12. The SMILES string of the molecule is Oc1cccc(CC(CCl)(CCl)c2ccc(Br)cc2)c1. The molecule has 2 aromatic rings. The van der Waals surface area contributed by atoms with Crippen molar-refractivity contribution >= 4 is 39.1 Å². The van der Waals surface area contributed by atoms with Crippen LogP contribution in [0.15, 0.2) is 53.0 Å². The lowest BCUT2D eigenvalue weighted by molar-refractivity contribution is 0.472. The van der Waals surface area contributed by atoms with E-state index in [1.807, 2.05) is 36.4 Å². The van der Waals surface area contributed by atoms with Gasteiger partial charge in [-0.05, 0) is 41.8 Å². The smallest absolute Gasteiger partial charge is 0.115 e. The van der Waals surface area contributed by atoms with Crippen LogP contribution in [0.2, 0.25) is 0 Å². The zero-order chi connectivity index (χ0) is 14.6. The Kier molecular flexibility index (Phi) is 5.36. The van der Waals surface area contributed by atoms with Gasteiger partial charge in [0.25, 0.3) is 0 Å². The third-order valence-electron chi connectivity index (χ3n) is 3.42. The number of alkyl halides is 2. The molecule has 106 valence electrons. The minimum absolute atomic E-state index is 0.261. The largest absolute Gasteiger partial charge is 0.508 e. The van der Waals surface area contributed by atoms with Gasteiger partial charge >= 0.3 is 0 Å². The standard InChI is InChI=1S/C16H15BrCl2O/c17-14-6-4-13(5-7-14)16(10-18,11-19)9-12-2-1-3-15(20)8-12/h1-8,20H,9-11H2. The lowest BCUT2D eigenvalue weighted by atomic mass is 9.79. The molecule has 4 heteroatoms. The van der Waals surface area contributed by atoms with Crippen LogP contribution in [-0.2, 0) is 11.8 Å². The van der Waals surface area contributed by atoms with Crippen molar-refractivity contribution in [2.75, 3.05) is 11.8 Å². The molecule has 0 aromatic heterocycles. The van der Waals surface area contributed by atoms with E-state index in [1.165, 1.54) is 0 Å². The summed E-state index contributed by atoms with van der Waals surface area (Å²) in [5.74, 6) is 1.11. The molecule has 0 spiro atoms. The van der Waals surface area contributed by atoms with Gasteiger partial charge < -0.3 is 5.11 Å². The Labute approximate surface area is 137 Å². The molecule has 0 aliphatic rings. The van der Waals surface area contributed by atoms with E-state index in [4.69, 9.17) is 23.2 Å². The van der Waals surface area contributed by atoms with Crippen molar-refractivity contribution in [1.82, 2.24) is 0 Å². The highest BCUT2D eigenvalue weighted by Crippen LogP contribution is 2.33. The Balaban J connectivity index is 2.36. The molecule has 20 heavy (non-hydrogen) atoms. The molecule has 0 heterocycles. The summed E-state index contributed by atoms with van der Waals surface area (Å²) in [5.41, 5.74) is 1.79. The van der Waals surface area contributed by atoms with Gasteiger partial charge in [0.05, 0.1) is 0 Å². The van der Waals surface area contributed by atoms with Crippen LogP contribution in [0.1, 0.15) is 11.1 Å². The topological polar surface area (TPSA) is 20.2 Å². The molecule has 0 amide bonds. The number of aromatic hydroxyl groups is 1. The third kappa shape index (κ3) is 3.49. The Hall–Kier alpha value is -0.700. The monoisotopic (exact) mass is 372 g/mol. The molecule has 0 saturated carbocycles. The zero-order valence-electron chi connectivity index (χ0n) is 10.8. The summed E-state index contributed by atoms with van der Waals surface area (Å²) in [6.07, 6.45) is 0.691. The number of rotatable bonds is 5. The average molecular weight is 374 g/mol. The number of halogens is 3. The van der Waals surface area contributed by atoms with E-state index >= 15 is 0 Å². The Morgan fingerprint density at radius 2 is 1.65 bits per heavy atom. The molecule has 0 aliphatic heterocycles. The number of phenols is 1. The van der Waals surface area contributed by atoms with E-state index in [-0.39, 0.29) is 11.2 Å². The second-order valence-electron chi connectivity index (χ2n) is 4.90. The quantitative estimate of drug-likeness (QED) is 0.721. The molecule has 0 fully saturated rings. The van der Waals surface area contributed by atoms with Crippen LogP contribution in [0.4, 0.5) is 0 Å². The minimum Gasteiger partial charge on any atom is -0.508 e. The fourth-order valence-electron chi connectivity index (χ4n) is 2.25. The van der Waals surface area contributed by atoms with Crippen LogP contribution in [0.3, 0.4) is 0 Å². The van der Waals surface area contributed by atoms with E-state index in [2.05, 4.69) is 15.9 Å². The van der Waals surface area contributed by atoms with Gasteiger partial charge in [0.2, 0.25) is 0 Å². The molecule has 0 bridgehead atoms. The van der Waals surface area contributed by atoms with Crippen LogP contribution in [0, 0.1) is 0 Å². The van der Waals surface area contributed by atoms with Crippen molar-refractivity contribution in [1.29, 1.82) is 0 Å². The van der Waals surface area contributed by atoms with Crippen molar-refractivity contribution in [3.8, 4) is 5.75 Å². The fourth-order valence-corrected chi connectivity index (χ4v) is 3.29. The van der Waals surface area contributed by atoms with Crippen LogP contribution in [0.5, 0.6) is 5.75 Å². The molecule has 0 aliphatic carbocycles. The highest BCUT2D eigenvalue weighted by atomic mass is 79.9. The van der Waals surface area contributed by atoms with Gasteiger partial charge in [-0.1, -0.05) is 40.2 Å². The van der Waals surface area contributed by atoms with Crippen molar-refractivity contribution in [2.45, 2.75) is 11.8 Å². The summed E-state index contributed by atoms with van der Waals surface area (Å²) in [6, 6.07) is 15.3. The minimum atomic E-state index is -0.336. The molecule has 0 radical (unpaired) electrons. The molecule has 2 rings (SSSR count). The van der Waals surface area contributed by atoms with Gasteiger partial charge in [0.1, 0.15) is 5.75 Å². The van der Waals surface area contributed by atoms with Gasteiger partial charge in [-0.15, -0.1) is 23.2 Å². The van der Waals surface area contributed by atoms with Gasteiger partial charge in [-0.2, -0.15) is 0 Å². The Morgan fingerprint density at radius 3 is 2.20 bits per heavy atom. The fraction of sp³-hybridized carbons (Fsp3) is 0.250. The van der Waals surface area contributed by atoms with Gasteiger partial charge in [-0.25, -0.2) is 0 Å². The maximum Gasteiger partial charge on any atom is 0.115 e. The number of phenolic OH excluding ortho intramolecular Hbond substituents is 1. The van der Waals surface area contributed by atoms with Crippen molar-refractivity contribution in [3.63, 3.8) is 0 Å². The Bertz CT molecular complexity index is 565. The molecular weight excluding hydrogens is 359 g/mol. The maximum atomic E-state index is 9.59. The highest BCUT2D eigenvalue weighted by Gasteiger charge is 2.31. The molecule has 0 atom stereocenters. The first kappa shape index (κ1) is 15.7. The molecule has 0 unspecified atom stereocenters. The predicted octanol–water partition coefficient (Wildman–Crippen LogP) is 5.11. The first-order chi connectivity index (χ1) is 9.59. The second kappa shape index (κ2) is 6.84. The van der Waals surface area contributed by atoms with Crippen LogP contribution >= 0.6 is 39.1 Å². The van der Waals surface area contributed by atoms with Crippen molar-refractivity contribution in [2.24, 2.45) is 0 Å². The maximum absolute atomic E-state index is 9.59. The molecular formula is C16H15BrCl2O. The summed E-state index contributed by atoms with van der Waals surface area (Å²) < 4.78 is 1.02. The summed E-state index contributed by atoms with van der Waals surface area (Å²) in [6.45, 7) is 0. The Morgan fingerprint density at radius 1 is 1.00 bits per heavy atom. The van der Waals surface area contributed by atoms with Crippen LogP contribution in [0.25, 0.3) is 0 Å².